The first-order valence-electron chi connectivity index (χ1n) is 39.3. The molecule has 0 aliphatic heterocycles. The Morgan fingerprint density at radius 2 is 0.800 bits per heavy atom. The molecule has 1 aliphatic rings. The van der Waals surface area contributed by atoms with Crippen LogP contribution < -0.4 is 26.6 Å². The zero-order valence-electron chi connectivity index (χ0n) is 66.1. The van der Waals surface area contributed by atoms with Crippen molar-refractivity contribution < 1.29 is 22.2 Å². The van der Waals surface area contributed by atoms with Crippen molar-refractivity contribution in [3.63, 3.8) is 0 Å². The highest BCUT2D eigenvalue weighted by Gasteiger charge is 2.24. The van der Waals surface area contributed by atoms with E-state index in [2.05, 4.69) is 224 Å². The maximum absolute atomic E-state index is 5.75. The van der Waals surface area contributed by atoms with Crippen LogP contribution in [0.25, 0.3) is 132 Å². The summed E-state index contributed by atoms with van der Waals surface area (Å²) in [5, 5.41) is 72.8. The molecule has 17 heterocycles. The van der Waals surface area contributed by atoms with E-state index in [9.17, 15) is 0 Å². The predicted molar refractivity (Wildman–Crippen MR) is 477 cm³/mol. The molecule has 10 N–H and O–H groups in total. The van der Waals surface area contributed by atoms with Crippen molar-refractivity contribution in [2.75, 3.05) is 26.6 Å². The van der Waals surface area contributed by atoms with Gasteiger partial charge in [0, 0.05) is 145 Å². The van der Waals surface area contributed by atoms with Crippen molar-refractivity contribution in [2.24, 2.45) is 5.92 Å². The van der Waals surface area contributed by atoms with Gasteiger partial charge in [0.25, 0.3) is 0 Å². The molecule has 596 valence electrons. The number of hydrogen-bond acceptors (Lipinski definition) is 24. The molecule has 27 nitrogen and oxygen atoms in total. The molecule has 22 aromatic rings. The molecular formula is C91H80N22O5S2. The van der Waals surface area contributed by atoms with Crippen LogP contribution in [-0.2, 0) is 17.3 Å². The van der Waals surface area contributed by atoms with E-state index in [4.69, 9.17) is 22.2 Å². The number of nitrogens with one attached hydrogen (secondary N) is 10. The van der Waals surface area contributed by atoms with E-state index in [0.29, 0.717) is 34.1 Å². The quantitative estimate of drug-likeness (QED) is 0.0456. The van der Waals surface area contributed by atoms with Crippen molar-refractivity contribution in [1.29, 1.82) is 0 Å². The minimum Gasteiger partial charge on any atom is -0.464 e. The lowest BCUT2D eigenvalue weighted by molar-refractivity contribution is 0.434. The van der Waals surface area contributed by atoms with Gasteiger partial charge in [-0.25, -0.2) is 19.9 Å². The first kappa shape index (κ1) is 75.2. The Labute approximate surface area is 692 Å². The molecule has 0 amide bonds. The highest BCUT2D eigenvalue weighted by Crippen LogP contribution is 2.41. The normalized spacial score (nSPS) is 12.5. The van der Waals surface area contributed by atoms with Crippen molar-refractivity contribution in [3.05, 3.63) is 252 Å². The summed E-state index contributed by atoms with van der Waals surface area (Å²) in [5.41, 5.74) is 23.2. The van der Waals surface area contributed by atoms with Crippen LogP contribution in [0, 0.1) is 5.92 Å². The fourth-order valence-corrected chi connectivity index (χ4v) is 16.4. The minimum atomic E-state index is 0.0510. The number of aromatic amines is 5. The molecule has 0 bridgehead atoms. The topological polar surface area (TPSA) is 359 Å². The second kappa shape index (κ2) is 32.3. The van der Waals surface area contributed by atoms with Crippen LogP contribution >= 0.6 is 22.7 Å². The number of rotatable bonds is 15. The van der Waals surface area contributed by atoms with Crippen LogP contribution in [0.4, 0.5) is 57.5 Å². The van der Waals surface area contributed by atoms with Gasteiger partial charge in [0.15, 0.2) is 39.8 Å². The molecule has 0 saturated heterocycles. The van der Waals surface area contributed by atoms with Gasteiger partial charge in [0.05, 0.1) is 52.6 Å². The zero-order chi connectivity index (χ0) is 81.3. The Morgan fingerprint density at radius 3 is 1.31 bits per heavy atom. The summed E-state index contributed by atoms with van der Waals surface area (Å²) in [6.07, 6.45) is 25.3. The fraction of sp³-hybridized carbons (Fsp3) is 0.165. The maximum Gasteiger partial charge on any atom is 0.201 e. The van der Waals surface area contributed by atoms with Crippen LogP contribution in [-0.4, -0.2) is 86.0 Å². The molecule has 29 heteroatoms. The Balaban J connectivity index is 0.0000000993. The third-order valence-corrected chi connectivity index (χ3v) is 22.6. The van der Waals surface area contributed by atoms with E-state index < -0.39 is 0 Å². The molecule has 0 atom stereocenters. The van der Waals surface area contributed by atoms with Crippen LogP contribution in [0.3, 0.4) is 0 Å². The highest BCUT2D eigenvalue weighted by atomic mass is 32.1. The number of aryl methyl sites for hydroxylation is 1. The molecule has 23 rings (SSSR count). The SMILES string of the molecule is CC(C)(C)c1coc2cc(Nc3[nH]nc4ncccc34)ccc12.CC(C)(C)c1coc2cc(Nc3[nH]nc4nccnc34)ccc12.c1cnc2c(Nc3ccc4c(-c5ccsc5)coc4c3)n[nH]c2c1.c1cnc2c(Nc3ccc4c(CCC5CCCC5)noc4c3)n[nH]c2c1.c1cnc2n[nH]c(Nc3ccc4c(-c5ccsc5)coc4c3)c2c1. The summed E-state index contributed by atoms with van der Waals surface area (Å²) < 4.78 is 28.5. The van der Waals surface area contributed by atoms with Crippen LogP contribution in [0.2, 0.25) is 0 Å². The largest absolute Gasteiger partial charge is 0.464 e. The smallest absolute Gasteiger partial charge is 0.201 e. The predicted octanol–water partition coefficient (Wildman–Crippen LogP) is 24.2. The van der Waals surface area contributed by atoms with Crippen molar-refractivity contribution in [2.45, 2.75) is 90.9 Å². The van der Waals surface area contributed by atoms with Gasteiger partial charge in [0.2, 0.25) is 5.65 Å². The van der Waals surface area contributed by atoms with Gasteiger partial charge in [-0.2, -0.15) is 48.2 Å². The number of pyridine rings is 4. The average molecular weight is 1630 g/mol. The Morgan fingerprint density at radius 1 is 0.383 bits per heavy atom. The number of nitrogens with zero attached hydrogens (tertiary/aromatic N) is 12. The molecule has 17 aromatic heterocycles. The lowest BCUT2D eigenvalue weighted by atomic mass is 9.87. The lowest BCUT2D eigenvalue weighted by Crippen LogP contribution is -2.09. The van der Waals surface area contributed by atoms with E-state index in [0.717, 1.165) is 163 Å². The summed E-state index contributed by atoms with van der Waals surface area (Å²) in [6, 6.07) is 50.1. The Kier molecular flexibility index (Phi) is 20.3. The van der Waals surface area contributed by atoms with Crippen LogP contribution in [0.5, 0.6) is 0 Å². The molecule has 0 radical (unpaired) electrons. The van der Waals surface area contributed by atoms with Gasteiger partial charge in [-0.05, 0) is 184 Å². The van der Waals surface area contributed by atoms with Crippen molar-refractivity contribution in [1.82, 2.24) is 86.0 Å². The number of aromatic nitrogens is 17. The van der Waals surface area contributed by atoms with Gasteiger partial charge in [-0.3, -0.25) is 35.5 Å². The molecule has 0 spiro atoms. The monoisotopic (exact) mass is 1620 g/mol. The summed E-state index contributed by atoms with van der Waals surface area (Å²) in [6.45, 7) is 13.1. The number of hydrogen-bond donors (Lipinski definition) is 10. The lowest BCUT2D eigenvalue weighted by Gasteiger charge is -2.16. The number of H-pyrrole nitrogens is 5. The molecule has 5 aromatic carbocycles. The van der Waals surface area contributed by atoms with E-state index in [-0.39, 0.29) is 10.8 Å². The number of furan rings is 4. The number of anilines is 10. The second-order valence-electron chi connectivity index (χ2n) is 31.3. The van der Waals surface area contributed by atoms with Gasteiger partial charge < -0.3 is 48.8 Å². The molecule has 1 saturated carbocycles. The van der Waals surface area contributed by atoms with Gasteiger partial charge >= 0.3 is 0 Å². The summed E-state index contributed by atoms with van der Waals surface area (Å²) in [4.78, 5) is 25.6. The van der Waals surface area contributed by atoms with Crippen LogP contribution in [0.1, 0.15) is 90.5 Å². The number of benzene rings is 5. The third-order valence-electron chi connectivity index (χ3n) is 21.2. The molecule has 1 fully saturated rings. The molecule has 120 heavy (non-hydrogen) atoms. The average Bonchev–Trinajstić information content (AvgIpc) is 1.65. The summed E-state index contributed by atoms with van der Waals surface area (Å²) >= 11 is 3.36. The van der Waals surface area contributed by atoms with Crippen molar-refractivity contribution >= 4 is 190 Å². The van der Waals surface area contributed by atoms with Gasteiger partial charge in [-0.15, -0.1) is 0 Å². The van der Waals surface area contributed by atoms with Crippen molar-refractivity contribution in [3.8, 4) is 22.3 Å². The van der Waals surface area contributed by atoms with E-state index in [1.807, 2.05) is 128 Å². The van der Waals surface area contributed by atoms with E-state index in [1.165, 1.54) is 54.4 Å². The summed E-state index contributed by atoms with van der Waals surface area (Å²) in [5.74, 6) is 4.64. The first-order chi connectivity index (χ1) is 58.7. The number of fused-ring (bicyclic) bond motifs is 10. The molecular weight excluding hydrogens is 1550 g/mol. The van der Waals surface area contributed by atoms with Gasteiger partial charge in [0.1, 0.15) is 45.0 Å². The highest BCUT2D eigenvalue weighted by molar-refractivity contribution is 7.08. The van der Waals surface area contributed by atoms with Gasteiger partial charge in [-0.1, -0.05) is 72.4 Å². The molecule has 1 aliphatic carbocycles. The Bertz CT molecular complexity index is 6970. The maximum atomic E-state index is 5.75. The fourth-order valence-electron chi connectivity index (χ4n) is 15.1. The second-order valence-corrected chi connectivity index (χ2v) is 32.9. The summed E-state index contributed by atoms with van der Waals surface area (Å²) in [7, 11) is 0. The van der Waals surface area contributed by atoms with E-state index in [1.54, 1.807) is 59.9 Å². The third kappa shape index (κ3) is 15.8. The first-order valence-corrected chi connectivity index (χ1v) is 41.2. The zero-order valence-corrected chi connectivity index (χ0v) is 67.7. The minimum absolute atomic E-state index is 0.0510. The van der Waals surface area contributed by atoms with E-state index >= 15 is 0 Å². The Hall–Kier alpha value is -14.8. The van der Waals surface area contributed by atoms with Crippen LogP contribution in [0.15, 0.2) is 258 Å². The molecule has 0 unspecified atom stereocenters. The number of thiophene rings is 2. The standard InChI is InChI=1S/C20H21N5O.2C18H12N4OS.C18H18N4O.C17H17N5O/c1-2-5-13(4-1)7-10-16-15-9-8-14(12-18(15)26-25-16)22-20-19-17(23-24-20)6-3-11-21-19;1-2-15-17(19-6-1)18(22-21-15)20-12-3-4-13-14(9-23-16(13)8-12)11-5-7-24-10-11;1-2-14-17(19-6-1)21-22-18(14)20-12-3-4-13-15(9-23-16(13)8-12)11-5-7-24-10-11;1-18(2,3)14-10-23-15-9-11(6-7-12(14)15)20-17-13-5-4-8-19-16(13)21-22-17;1-17(2,3)12-9-23-13-8-10(4-5-11(12)13)20-16-14-15(21-22-16)19-7-6-18-14/h3,6,8-9,11-13H,1-2,4-5,7,10H2,(H2,22,23,24);1-10H,(H2,20,21,22);1-10H,(H2,19,20,21,22);4-10H,1-3H3,(H2,19,20,21,22);4-9H,1-3H3,(H2,19,20,21,22).